The Morgan fingerprint density at radius 2 is 1.22 bits per heavy atom. The van der Waals surface area contributed by atoms with Gasteiger partial charge in [0.25, 0.3) is 5.09 Å². The highest BCUT2D eigenvalue weighted by atomic mass is 35.5. The van der Waals surface area contributed by atoms with Gasteiger partial charge in [0.05, 0.1) is 11.1 Å². The predicted octanol–water partition coefficient (Wildman–Crippen LogP) is 7.41. The van der Waals surface area contributed by atoms with E-state index in [0.29, 0.717) is 34.1 Å². The molecule has 5 rings (SSSR count). The fourth-order valence-corrected chi connectivity index (χ4v) is 3.91. The second-order valence-electron chi connectivity index (χ2n) is 8.59. The number of rotatable bonds is 8. The van der Waals surface area contributed by atoms with E-state index >= 15 is 0 Å². The van der Waals surface area contributed by atoms with E-state index in [1.54, 1.807) is 72.8 Å². The minimum Gasteiger partial charge on any atom is -0.423 e. The Balaban J connectivity index is 0.000000201. The summed E-state index contributed by atoms with van der Waals surface area (Å²) in [7, 11) is 0. The van der Waals surface area contributed by atoms with Crippen LogP contribution in [0.1, 0.15) is 31.8 Å². The van der Waals surface area contributed by atoms with Crippen molar-refractivity contribution < 1.29 is 29.0 Å². The van der Waals surface area contributed by atoms with Gasteiger partial charge in [0.15, 0.2) is 0 Å². The maximum Gasteiger partial charge on any atom is 0.344 e. The molecule has 0 unspecified atom stereocenters. The van der Waals surface area contributed by atoms with Crippen molar-refractivity contribution in [3.63, 3.8) is 0 Å². The summed E-state index contributed by atoms with van der Waals surface area (Å²) >= 11 is 5.67. The molecule has 0 aromatic heterocycles. The molecule has 0 saturated carbocycles. The van der Waals surface area contributed by atoms with Gasteiger partial charge in [-0.3, -0.25) is 0 Å². The third-order valence-electron chi connectivity index (χ3n) is 5.78. The Hall–Kier alpha value is -5.21. The molecule has 9 heteroatoms. The predicted molar refractivity (Wildman–Crippen MR) is 155 cm³/mol. The number of fused-ring (bicyclic) bond motifs is 1. The zero-order valence-electron chi connectivity index (χ0n) is 21.6. The highest BCUT2D eigenvalue weighted by molar-refractivity contribution is 6.17. The number of esters is 2. The number of hydrogen-bond acceptors (Lipinski definition) is 7. The van der Waals surface area contributed by atoms with E-state index < -0.39 is 11.1 Å². The number of nitrogens with zero attached hydrogens (tertiary/aromatic N) is 1. The Labute approximate surface area is 240 Å². The molecule has 0 atom stereocenters. The molecule has 0 bridgehead atoms. The van der Waals surface area contributed by atoms with Gasteiger partial charge in [-0.1, -0.05) is 78.9 Å². The molecular weight excluding hydrogens is 546 g/mol. The van der Waals surface area contributed by atoms with E-state index in [-0.39, 0.29) is 12.6 Å². The Bertz CT molecular complexity index is 1620. The van der Waals surface area contributed by atoms with Gasteiger partial charge in [-0.15, -0.1) is 21.7 Å². The third kappa shape index (κ3) is 8.39. The van der Waals surface area contributed by atoms with Gasteiger partial charge in [0.2, 0.25) is 0 Å². The molecule has 0 aliphatic rings. The van der Waals surface area contributed by atoms with E-state index in [1.807, 2.05) is 48.5 Å². The number of ether oxygens (including phenoxy) is 2. The topological polar surface area (TPSA) is 105 Å². The number of benzene rings is 5. The molecule has 8 nitrogen and oxygen atoms in total. The van der Waals surface area contributed by atoms with E-state index in [0.717, 1.165) is 16.3 Å². The average Bonchev–Trinajstić information content (AvgIpc) is 3.01. The van der Waals surface area contributed by atoms with E-state index in [2.05, 4.69) is 4.84 Å². The molecule has 5 aromatic rings. The van der Waals surface area contributed by atoms with Crippen LogP contribution in [0.4, 0.5) is 0 Å². The van der Waals surface area contributed by atoms with Crippen LogP contribution in [-0.2, 0) is 17.3 Å². The molecule has 5 aromatic carbocycles. The van der Waals surface area contributed by atoms with Gasteiger partial charge in [-0.05, 0) is 64.4 Å². The van der Waals surface area contributed by atoms with Crippen molar-refractivity contribution in [3.05, 3.63) is 154 Å². The monoisotopic (exact) mass is 569 g/mol. The standard InChI is InChI=1S/C18H13NO5.C14H11ClO2/c20-18(17-7-3-5-14-4-1-2-6-16(14)17)24-15-10-8-13(9-11-15)12-23-19(21)22;15-10-11-6-8-13(9-7-11)17-14(16)12-4-2-1-3-5-12/h1-11H,12H2;1-9H,10H2. The molecule has 0 aliphatic heterocycles. The summed E-state index contributed by atoms with van der Waals surface area (Å²) in [5.41, 5.74) is 2.62. The van der Waals surface area contributed by atoms with E-state index in [1.165, 1.54) is 0 Å². The first-order valence-electron chi connectivity index (χ1n) is 12.4. The molecule has 0 aliphatic carbocycles. The van der Waals surface area contributed by atoms with Crippen LogP contribution in [0.5, 0.6) is 11.5 Å². The van der Waals surface area contributed by atoms with Crippen LogP contribution < -0.4 is 9.47 Å². The van der Waals surface area contributed by atoms with Crippen molar-refractivity contribution in [2.24, 2.45) is 0 Å². The molecule has 206 valence electrons. The van der Waals surface area contributed by atoms with Crippen molar-refractivity contribution in [1.29, 1.82) is 0 Å². The summed E-state index contributed by atoms with van der Waals surface area (Å²) < 4.78 is 10.6. The minimum absolute atomic E-state index is 0.148. The number of halogens is 1. The summed E-state index contributed by atoms with van der Waals surface area (Å²) in [5, 5.41) is 11.1. The maximum atomic E-state index is 12.4. The van der Waals surface area contributed by atoms with Crippen molar-refractivity contribution in [3.8, 4) is 11.5 Å². The van der Waals surface area contributed by atoms with Crippen LogP contribution in [0.2, 0.25) is 0 Å². The van der Waals surface area contributed by atoms with Gasteiger partial charge in [-0.2, -0.15) is 0 Å². The smallest absolute Gasteiger partial charge is 0.344 e. The van der Waals surface area contributed by atoms with Crippen molar-refractivity contribution >= 4 is 34.3 Å². The first kappa shape index (κ1) is 28.8. The number of carbonyl (C=O) groups excluding carboxylic acids is 2. The van der Waals surface area contributed by atoms with Crippen LogP contribution in [0.15, 0.2) is 121 Å². The number of alkyl halides is 1. The Morgan fingerprint density at radius 1 is 0.659 bits per heavy atom. The van der Waals surface area contributed by atoms with Gasteiger partial charge < -0.3 is 14.3 Å². The van der Waals surface area contributed by atoms with Crippen LogP contribution in [-0.4, -0.2) is 17.0 Å². The lowest BCUT2D eigenvalue weighted by molar-refractivity contribution is -0.763. The van der Waals surface area contributed by atoms with Gasteiger partial charge in [-0.25, -0.2) is 9.59 Å². The molecule has 0 spiro atoms. The molecule has 41 heavy (non-hydrogen) atoms. The Morgan fingerprint density at radius 3 is 1.85 bits per heavy atom. The summed E-state index contributed by atoms with van der Waals surface area (Å²) in [6, 6.07) is 35.4. The van der Waals surface area contributed by atoms with Crippen LogP contribution in [0.25, 0.3) is 10.8 Å². The molecule has 0 amide bonds. The van der Waals surface area contributed by atoms with Crippen LogP contribution in [0.3, 0.4) is 0 Å². The molecule has 0 fully saturated rings. The van der Waals surface area contributed by atoms with Gasteiger partial charge in [0.1, 0.15) is 18.1 Å². The van der Waals surface area contributed by atoms with Gasteiger partial charge >= 0.3 is 11.9 Å². The molecule has 0 radical (unpaired) electrons. The van der Waals surface area contributed by atoms with Crippen molar-refractivity contribution in [1.82, 2.24) is 0 Å². The van der Waals surface area contributed by atoms with Crippen LogP contribution >= 0.6 is 11.6 Å². The lowest BCUT2D eigenvalue weighted by atomic mass is 10.0. The Kier molecular flexibility index (Phi) is 10.0. The molecular formula is C32H24ClNO7. The largest absolute Gasteiger partial charge is 0.423 e. The summed E-state index contributed by atoms with van der Waals surface area (Å²) in [6.07, 6.45) is 0. The van der Waals surface area contributed by atoms with E-state index in [9.17, 15) is 19.7 Å². The van der Waals surface area contributed by atoms with Crippen LogP contribution in [0, 0.1) is 10.1 Å². The maximum absolute atomic E-state index is 12.4. The summed E-state index contributed by atoms with van der Waals surface area (Å²) in [4.78, 5) is 38.6. The zero-order chi connectivity index (χ0) is 29.0. The van der Waals surface area contributed by atoms with Crippen molar-refractivity contribution in [2.45, 2.75) is 12.5 Å². The minimum atomic E-state index is -0.853. The third-order valence-corrected chi connectivity index (χ3v) is 6.09. The van der Waals surface area contributed by atoms with Gasteiger partial charge in [0, 0.05) is 5.88 Å². The first-order chi connectivity index (χ1) is 19.9. The first-order valence-corrected chi connectivity index (χ1v) is 12.9. The quantitative estimate of drug-likeness (QED) is 0.0629. The lowest BCUT2D eigenvalue weighted by Crippen LogP contribution is -2.09. The summed E-state index contributed by atoms with van der Waals surface area (Å²) in [5.74, 6) is 0.517. The molecule has 0 N–H and O–H groups in total. The fourth-order valence-electron chi connectivity index (χ4n) is 3.73. The average molecular weight is 570 g/mol. The second kappa shape index (κ2) is 14.3. The SMILES string of the molecule is O=C(Oc1ccc(CCl)cc1)c1ccccc1.O=C(Oc1ccc(CO[N+](=O)[O-])cc1)c1cccc2ccccc12. The highest BCUT2D eigenvalue weighted by Crippen LogP contribution is 2.21. The highest BCUT2D eigenvalue weighted by Gasteiger charge is 2.12. The summed E-state index contributed by atoms with van der Waals surface area (Å²) in [6.45, 7) is -0.148. The van der Waals surface area contributed by atoms with Crippen molar-refractivity contribution in [2.75, 3.05) is 0 Å². The molecule has 0 saturated heterocycles. The number of carbonyl (C=O) groups is 2. The number of hydrogen-bond donors (Lipinski definition) is 0. The normalized spacial score (nSPS) is 10.2. The lowest BCUT2D eigenvalue weighted by Gasteiger charge is -2.08. The zero-order valence-corrected chi connectivity index (χ0v) is 22.4. The second-order valence-corrected chi connectivity index (χ2v) is 8.86. The fraction of sp³-hybridized carbons (Fsp3) is 0.0625. The van der Waals surface area contributed by atoms with E-state index in [4.69, 9.17) is 21.1 Å². The molecule has 0 heterocycles.